The molecular formula is C21H24N4O5S. The van der Waals surface area contributed by atoms with E-state index in [0.717, 1.165) is 12.8 Å². The minimum absolute atomic E-state index is 0.187. The third-order valence-corrected chi connectivity index (χ3v) is 7.31. The van der Waals surface area contributed by atoms with Crippen LogP contribution in [0.4, 0.5) is 0 Å². The second kappa shape index (κ2) is 8.64. The number of nitrogens with one attached hydrogen (secondary N) is 1. The van der Waals surface area contributed by atoms with Crippen molar-refractivity contribution >= 4 is 15.9 Å². The standard InChI is InChI=1S/C21H24N4O5S/c1-14-9-11-25(12-10-14)31(27,28)17-7-5-16(6-8-17)19-23-21(30-24-19)15(2)22-20(26)18-4-3-13-29-18/h3-8,13-15H,9-12H2,1-2H3,(H,22,26)/t15-/m1/s1. The van der Waals surface area contributed by atoms with Crippen LogP contribution in [0.2, 0.25) is 0 Å². The van der Waals surface area contributed by atoms with Gasteiger partial charge >= 0.3 is 0 Å². The third-order valence-electron chi connectivity index (χ3n) is 5.40. The van der Waals surface area contributed by atoms with E-state index in [9.17, 15) is 13.2 Å². The molecule has 3 heterocycles. The Bertz CT molecular complexity index is 1130. The first-order valence-electron chi connectivity index (χ1n) is 10.1. The van der Waals surface area contributed by atoms with Crippen LogP contribution in [0.3, 0.4) is 0 Å². The molecule has 1 atom stereocenters. The van der Waals surface area contributed by atoms with Gasteiger partial charge in [-0.05, 0) is 62.1 Å². The van der Waals surface area contributed by atoms with Gasteiger partial charge in [-0.2, -0.15) is 9.29 Å². The summed E-state index contributed by atoms with van der Waals surface area (Å²) in [7, 11) is -3.51. The Kier molecular flexibility index (Phi) is 5.92. The highest BCUT2D eigenvalue weighted by Crippen LogP contribution is 2.26. The maximum Gasteiger partial charge on any atom is 0.287 e. The molecule has 31 heavy (non-hydrogen) atoms. The number of aromatic nitrogens is 2. The van der Waals surface area contributed by atoms with Gasteiger partial charge in [-0.3, -0.25) is 4.79 Å². The van der Waals surface area contributed by atoms with Crippen molar-refractivity contribution in [1.29, 1.82) is 0 Å². The Hall–Kier alpha value is -2.98. The number of carbonyl (C=O) groups excluding carboxylic acids is 1. The summed E-state index contributed by atoms with van der Waals surface area (Å²) in [6.07, 6.45) is 3.16. The maximum atomic E-state index is 12.9. The van der Waals surface area contributed by atoms with Gasteiger partial charge < -0.3 is 14.3 Å². The lowest BCUT2D eigenvalue weighted by Gasteiger charge is -2.29. The quantitative estimate of drug-likeness (QED) is 0.620. The summed E-state index contributed by atoms with van der Waals surface area (Å²) in [6, 6.07) is 9.07. The lowest BCUT2D eigenvalue weighted by molar-refractivity contribution is 0.0904. The number of amides is 1. The molecule has 0 bridgehead atoms. The topological polar surface area (TPSA) is 119 Å². The fourth-order valence-electron chi connectivity index (χ4n) is 3.42. The first kappa shape index (κ1) is 21.3. The average molecular weight is 445 g/mol. The number of hydrogen-bond donors (Lipinski definition) is 1. The predicted octanol–water partition coefficient (Wildman–Crippen LogP) is 3.24. The van der Waals surface area contributed by atoms with Crippen molar-refractivity contribution in [2.45, 2.75) is 37.6 Å². The van der Waals surface area contributed by atoms with Crippen LogP contribution in [0.5, 0.6) is 0 Å². The van der Waals surface area contributed by atoms with Crippen LogP contribution in [0.15, 0.2) is 56.5 Å². The molecule has 10 heteroatoms. The van der Waals surface area contributed by atoms with Gasteiger partial charge in [0.2, 0.25) is 21.7 Å². The van der Waals surface area contributed by atoms with Crippen molar-refractivity contribution in [1.82, 2.24) is 19.8 Å². The summed E-state index contributed by atoms with van der Waals surface area (Å²) in [6.45, 7) is 4.94. The van der Waals surface area contributed by atoms with E-state index in [0.29, 0.717) is 30.4 Å². The molecule has 0 saturated carbocycles. The molecule has 1 saturated heterocycles. The van der Waals surface area contributed by atoms with E-state index in [1.165, 1.54) is 10.6 Å². The van der Waals surface area contributed by atoms with Gasteiger partial charge in [0.25, 0.3) is 5.91 Å². The molecule has 1 aliphatic heterocycles. The first-order chi connectivity index (χ1) is 14.8. The maximum absolute atomic E-state index is 12.9. The second-order valence-electron chi connectivity index (χ2n) is 7.74. The highest BCUT2D eigenvalue weighted by atomic mass is 32.2. The second-order valence-corrected chi connectivity index (χ2v) is 9.68. The number of sulfonamides is 1. The first-order valence-corrected chi connectivity index (χ1v) is 11.6. The number of nitrogens with zero attached hydrogens (tertiary/aromatic N) is 3. The highest BCUT2D eigenvalue weighted by Gasteiger charge is 2.28. The van der Waals surface area contributed by atoms with Crippen molar-refractivity contribution in [3.8, 4) is 11.4 Å². The van der Waals surface area contributed by atoms with Gasteiger partial charge in [-0.1, -0.05) is 12.1 Å². The zero-order valence-corrected chi connectivity index (χ0v) is 18.1. The molecule has 0 spiro atoms. The lowest BCUT2D eigenvalue weighted by atomic mass is 10.0. The number of rotatable bonds is 6. The van der Waals surface area contributed by atoms with Crippen molar-refractivity contribution in [3.63, 3.8) is 0 Å². The van der Waals surface area contributed by atoms with Crippen LogP contribution < -0.4 is 5.32 Å². The lowest BCUT2D eigenvalue weighted by Crippen LogP contribution is -2.37. The van der Waals surface area contributed by atoms with Crippen molar-refractivity contribution in [2.75, 3.05) is 13.1 Å². The predicted molar refractivity (Wildman–Crippen MR) is 111 cm³/mol. The molecule has 164 valence electrons. The summed E-state index contributed by atoms with van der Waals surface area (Å²) in [4.78, 5) is 16.7. The number of piperidine rings is 1. The van der Waals surface area contributed by atoms with Crippen LogP contribution in [0.1, 0.15) is 49.2 Å². The Morgan fingerprint density at radius 3 is 2.55 bits per heavy atom. The van der Waals surface area contributed by atoms with E-state index in [-0.39, 0.29) is 22.5 Å². The number of furan rings is 1. The Labute approximate surface area is 180 Å². The minimum atomic E-state index is -3.51. The van der Waals surface area contributed by atoms with Crippen molar-refractivity contribution < 1.29 is 22.2 Å². The Balaban J connectivity index is 1.45. The molecule has 9 nitrogen and oxygen atoms in total. The van der Waals surface area contributed by atoms with Gasteiger partial charge in [0.05, 0.1) is 11.2 Å². The van der Waals surface area contributed by atoms with Gasteiger partial charge in [0.1, 0.15) is 6.04 Å². The largest absolute Gasteiger partial charge is 0.459 e. The van der Waals surface area contributed by atoms with Crippen LogP contribution in [-0.2, 0) is 10.0 Å². The molecule has 1 amide bonds. The van der Waals surface area contributed by atoms with Crippen LogP contribution in [-0.4, -0.2) is 41.9 Å². The molecule has 1 aromatic carbocycles. The molecule has 3 aromatic rings. The molecule has 2 aromatic heterocycles. The monoisotopic (exact) mass is 444 g/mol. The summed E-state index contributed by atoms with van der Waals surface area (Å²) < 4.78 is 37.6. The van der Waals surface area contributed by atoms with Crippen LogP contribution in [0.25, 0.3) is 11.4 Å². The van der Waals surface area contributed by atoms with Crippen molar-refractivity contribution in [3.05, 3.63) is 54.3 Å². The van der Waals surface area contributed by atoms with Gasteiger partial charge in [-0.25, -0.2) is 8.42 Å². The van der Waals surface area contributed by atoms with Gasteiger partial charge in [0.15, 0.2) is 5.76 Å². The molecule has 0 aliphatic carbocycles. The average Bonchev–Trinajstić information content (AvgIpc) is 3.47. The van der Waals surface area contributed by atoms with E-state index in [4.69, 9.17) is 8.94 Å². The van der Waals surface area contributed by atoms with Crippen LogP contribution >= 0.6 is 0 Å². The molecule has 1 fully saturated rings. The highest BCUT2D eigenvalue weighted by molar-refractivity contribution is 7.89. The summed E-state index contributed by atoms with van der Waals surface area (Å²) in [5.41, 5.74) is 0.616. The Morgan fingerprint density at radius 1 is 1.19 bits per heavy atom. The van der Waals surface area contributed by atoms with Gasteiger partial charge in [-0.15, -0.1) is 0 Å². The van der Waals surface area contributed by atoms with Crippen molar-refractivity contribution in [2.24, 2.45) is 5.92 Å². The fourth-order valence-corrected chi connectivity index (χ4v) is 4.89. The fraction of sp³-hybridized carbons (Fsp3) is 0.381. The molecule has 4 rings (SSSR count). The molecule has 0 unspecified atom stereocenters. The number of hydrogen-bond acceptors (Lipinski definition) is 7. The summed E-state index contributed by atoms with van der Waals surface area (Å²) in [5, 5.41) is 6.66. The summed E-state index contributed by atoms with van der Waals surface area (Å²) in [5.74, 6) is 0.886. The molecular weight excluding hydrogens is 420 g/mol. The zero-order chi connectivity index (χ0) is 22.0. The van der Waals surface area contributed by atoms with Crippen LogP contribution in [0, 0.1) is 5.92 Å². The Morgan fingerprint density at radius 2 is 1.90 bits per heavy atom. The zero-order valence-electron chi connectivity index (χ0n) is 17.3. The normalized spacial score (nSPS) is 16.8. The van der Waals surface area contributed by atoms with E-state index in [1.54, 1.807) is 43.3 Å². The van der Waals surface area contributed by atoms with E-state index >= 15 is 0 Å². The smallest absolute Gasteiger partial charge is 0.287 e. The molecule has 1 N–H and O–H groups in total. The summed E-state index contributed by atoms with van der Waals surface area (Å²) >= 11 is 0. The third kappa shape index (κ3) is 4.54. The van der Waals surface area contributed by atoms with E-state index in [1.807, 2.05) is 0 Å². The molecule has 1 aliphatic rings. The SMILES string of the molecule is CC1CCN(S(=O)(=O)c2ccc(-c3noc([C@@H](C)NC(=O)c4ccco4)n3)cc2)CC1. The van der Waals surface area contributed by atoms with Gasteiger partial charge in [0, 0.05) is 18.7 Å². The van der Waals surface area contributed by atoms with E-state index < -0.39 is 16.1 Å². The number of carbonyl (C=O) groups is 1. The minimum Gasteiger partial charge on any atom is -0.459 e. The number of benzene rings is 1. The molecule has 0 radical (unpaired) electrons. The van der Waals surface area contributed by atoms with E-state index in [2.05, 4.69) is 22.4 Å².